The highest BCUT2D eigenvalue weighted by atomic mass is 127. The lowest BCUT2D eigenvalue weighted by molar-refractivity contribution is -0.118. The van der Waals surface area contributed by atoms with Crippen molar-refractivity contribution < 1.29 is 9.53 Å². The molecule has 0 aliphatic heterocycles. The molecule has 0 atom stereocenters. The number of aryl methyl sites for hydroxylation is 1. The van der Waals surface area contributed by atoms with E-state index in [4.69, 9.17) is 4.74 Å². The lowest BCUT2D eigenvalue weighted by Crippen LogP contribution is -2.22. The normalized spacial score (nSPS) is 11.2. The van der Waals surface area contributed by atoms with E-state index in [1.807, 2.05) is 36.4 Å². The summed E-state index contributed by atoms with van der Waals surface area (Å²) in [5.41, 5.74) is 3.04. The topological polar surface area (TPSA) is 38.3 Å². The molecule has 0 fully saturated rings. The van der Waals surface area contributed by atoms with Crippen LogP contribution in [0.3, 0.4) is 0 Å². The number of benzene rings is 2. The third-order valence-electron chi connectivity index (χ3n) is 3.43. The fourth-order valence-corrected chi connectivity index (χ4v) is 2.59. The minimum absolute atomic E-state index is 0.00186. The number of ether oxygens (including phenoxy) is 1. The average molecular weight is 423 g/mol. The van der Waals surface area contributed by atoms with Crippen molar-refractivity contribution in [1.29, 1.82) is 0 Å². The fraction of sp³-hybridized carbons (Fsp3) is 0.316. The van der Waals surface area contributed by atoms with Crippen LogP contribution in [-0.2, 0) is 10.2 Å². The summed E-state index contributed by atoms with van der Waals surface area (Å²) in [5, 5.41) is 2.84. The Morgan fingerprint density at radius 3 is 2.39 bits per heavy atom. The number of carbonyl (C=O) groups excluding carboxylic acids is 1. The van der Waals surface area contributed by atoms with Gasteiger partial charge in [0.05, 0.1) is 0 Å². The Labute approximate surface area is 151 Å². The summed E-state index contributed by atoms with van der Waals surface area (Å²) < 4.78 is 6.89. The minimum atomic E-state index is -0.161. The molecule has 0 heterocycles. The average Bonchev–Trinajstić information content (AvgIpc) is 2.47. The predicted octanol–water partition coefficient (Wildman–Crippen LogP) is 4.91. The van der Waals surface area contributed by atoms with Gasteiger partial charge in [-0.1, -0.05) is 38.5 Å². The standard InChI is InChI=1S/C19H22INO2/c1-13-5-10-17(16(11-13)19(2,3)4)23-12-18(22)21-15-8-6-14(20)7-9-15/h5-11H,12H2,1-4H3,(H,21,22). The van der Waals surface area contributed by atoms with Gasteiger partial charge in [0.15, 0.2) is 6.61 Å². The molecular formula is C19H22INO2. The molecule has 0 bridgehead atoms. The van der Waals surface area contributed by atoms with Gasteiger partial charge < -0.3 is 10.1 Å². The van der Waals surface area contributed by atoms with Crippen LogP contribution in [0, 0.1) is 10.5 Å². The van der Waals surface area contributed by atoms with Crippen molar-refractivity contribution in [3.05, 3.63) is 57.2 Å². The smallest absolute Gasteiger partial charge is 0.262 e. The summed E-state index contributed by atoms with van der Waals surface area (Å²) >= 11 is 2.23. The van der Waals surface area contributed by atoms with Gasteiger partial charge in [-0.15, -0.1) is 0 Å². The Balaban J connectivity index is 2.03. The highest BCUT2D eigenvalue weighted by molar-refractivity contribution is 14.1. The summed E-state index contributed by atoms with van der Waals surface area (Å²) in [7, 11) is 0. The molecule has 2 rings (SSSR count). The van der Waals surface area contributed by atoms with E-state index in [9.17, 15) is 4.79 Å². The number of hydrogen-bond acceptors (Lipinski definition) is 2. The molecule has 0 unspecified atom stereocenters. The summed E-state index contributed by atoms with van der Waals surface area (Å²) in [5.74, 6) is 0.604. The van der Waals surface area contributed by atoms with E-state index >= 15 is 0 Å². The number of halogens is 1. The highest BCUT2D eigenvalue weighted by Gasteiger charge is 2.19. The van der Waals surface area contributed by atoms with E-state index in [0.29, 0.717) is 0 Å². The maximum Gasteiger partial charge on any atom is 0.262 e. The van der Waals surface area contributed by atoms with E-state index in [1.54, 1.807) is 0 Å². The number of hydrogen-bond donors (Lipinski definition) is 1. The second-order valence-corrected chi connectivity index (χ2v) is 7.84. The number of nitrogens with one attached hydrogen (secondary N) is 1. The van der Waals surface area contributed by atoms with Crippen LogP contribution in [0.5, 0.6) is 5.75 Å². The molecule has 2 aromatic carbocycles. The van der Waals surface area contributed by atoms with Crippen LogP contribution in [-0.4, -0.2) is 12.5 Å². The molecule has 3 nitrogen and oxygen atoms in total. The first-order chi connectivity index (χ1) is 10.8. The maximum absolute atomic E-state index is 12.1. The van der Waals surface area contributed by atoms with Crippen molar-refractivity contribution in [3.63, 3.8) is 0 Å². The van der Waals surface area contributed by atoms with Gasteiger partial charge >= 0.3 is 0 Å². The minimum Gasteiger partial charge on any atom is -0.483 e. The largest absolute Gasteiger partial charge is 0.483 e. The summed E-state index contributed by atoms with van der Waals surface area (Å²) in [6.07, 6.45) is 0. The molecule has 122 valence electrons. The van der Waals surface area contributed by atoms with E-state index in [1.165, 1.54) is 5.56 Å². The van der Waals surface area contributed by atoms with Crippen LogP contribution in [0.4, 0.5) is 5.69 Å². The molecule has 1 N–H and O–H groups in total. The zero-order valence-corrected chi connectivity index (χ0v) is 16.1. The van der Waals surface area contributed by atoms with Gasteiger partial charge in [-0.3, -0.25) is 4.79 Å². The Morgan fingerprint density at radius 1 is 1.13 bits per heavy atom. The summed E-state index contributed by atoms with van der Waals surface area (Å²) in [6, 6.07) is 13.7. The van der Waals surface area contributed by atoms with Crippen LogP contribution in [0.2, 0.25) is 0 Å². The van der Waals surface area contributed by atoms with Gasteiger partial charge in [-0.05, 0) is 70.8 Å². The third kappa shape index (κ3) is 5.23. The number of anilines is 1. The van der Waals surface area contributed by atoms with E-state index in [0.717, 1.165) is 20.6 Å². The Morgan fingerprint density at radius 2 is 1.78 bits per heavy atom. The Hall–Kier alpha value is -1.56. The molecule has 0 aliphatic carbocycles. The van der Waals surface area contributed by atoms with Crippen molar-refractivity contribution in [3.8, 4) is 5.75 Å². The number of carbonyl (C=O) groups is 1. The lowest BCUT2D eigenvalue weighted by atomic mass is 9.85. The first-order valence-electron chi connectivity index (χ1n) is 7.55. The molecule has 4 heteroatoms. The van der Waals surface area contributed by atoms with Crippen molar-refractivity contribution in [1.82, 2.24) is 0 Å². The summed E-state index contributed by atoms with van der Waals surface area (Å²) in [4.78, 5) is 12.1. The van der Waals surface area contributed by atoms with Gasteiger partial charge in [0.1, 0.15) is 5.75 Å². The van der Waals surface area contributed by atoms with Crippen molar-refractivity contribution >= 4 is 34.2 Å². The van der Waals surface area contributed by atoms with E-state index in [-0.39, 0.29) is 17.9 Å². The molecule has 0 radical (unpaired) electrons. The molecule has 2 aromatic rings. The second-order valence-electron chi connectivity index (χ2n) is 6.59. The van der Waals surface area contributed by atoms with Crippen LogP contribution >= 0.6 is 22.6 Å². The zero-order chi connectivity index (χ0) is 17.0. The molecule has 23 heavy (non-hydrogen) atoms. The molecule has 0 aliphatic rings. The molecule has 1 amide bonds. The second kappa shape index (κ2) is 7.34. The Bertz CT molecular complexity index is 688. The molecule has 0 saturated heterocycles. The highest BCUT2D eigenvalue weighted by Crippen LogP contribution is 2.32. The first kappa shape index (κ1) is 17.8. The van der Waals surface area contributed by atoms with Crippen LogP contribution < -0.4 is 10.1 Å². The molecular weight excluding hydrogens is 401 g/mol. The quantitative estimate of drug-likeness (QED) is 0.710. The van der Waals surface area contributed by atoms with Crippen LogP contribution in [0.15, 0.2) is 42.5 Å². The predicted molar refractivity (Wildman–Crippen MR) is 103 cm³/mol. The van der Waals surface area contributed by atoms with Crippen molar-refractivity contribution in [2.45, 2.75) is 33.1 Å². The lowest BCUT2D eigenvalue weighted by Gasteiger charge is -2.23. The third-order valence-corrected chi connectivity index (χ3v) is 4.15. The molecule has 0 spiro atoms. The fourth-order valence-electron chi connectivity index (χ4n) is 2.23. The van der Waals surface area contributed by atoms with Crippen molar-refractivity contribution in [2.24, 2.45) is 0 Å². The number of rotatable bonds is 4. The Kier molecular flexibility index (Phi) is 5.68. The van der Waals surface area contributed by atoms with Gasteiger partial charge in [-0.25, -0.2) is 0 Å². The maximum atomic E-state index is 12.1. The monoisotopic (exact) mass is 423 g/mol. The van der Waals surface area contributed by atoms with Gasteiger partial charge in [-0.2, -0.15) is 0 Å². The van der Waals surface area contributed by atoms with E-state index < -0.39 is 0 Å². The zero-order valence-electron chi connectivity index (χ0n) is 13.9. The van der Waals surface area contributed by atoms with Crippen LogP contribution in [0.25, 0.3) is 0 Å². The summed E-state index contributed by atoms with van der Waals surface area (Å²) in [6.45, 7) is 8.47. The number of amides is 1. The van der Waals surface area contributed by atoms with Crippen LogP contribution in [0.1, 0.15) is 31.9 Å². The SMILES string of the molecule is Cc1ccc(OCC(=O)Nc2ccc(I)cc2)c(C(C)(C)C)c1. The first-order valence-corrected chi connectivity index (χ1v) is 8.63. The molecule has 0 saturated carbocycles. The van der Waals surface area contributed by atoms with Crippen molar-refractivity contribution in [2.75, 3.05) is 11.9 Å². The van der Waals surface area contributed by atoms with Gasteiger partial charge in [0.25, 0.3) is 5.91 Å². The molecule has 0 aromatic heterocycles. The van der Waals surface area contributed by atoms with E-state index in [2.05, 4.69) is 61.7 Å². The van der Waals surface area contributed by atoms with Gasteiger partial charge in [0.2, 0.25) is 0 Å². The van der Waals surface area contributed by atoms with Gasteiger partial charge in [0, 0.05) is 9.26 Å².